The fourth-order valence-corrected chi connectivity index (χ4v) is 7.94. The lowest BCUT2D eigenvalue weighted by Gasteiger charge is -2.05. The number of benzene rings is 2. The van der Waals surface area contributed by atoms with Gasteiger partial charge < -0.3 is 0 Å². The normalized spacial score (nSPS) is 13.2. The zero-order valence-corrected chi connectivity index (χ0v) is 20.6. The Kier molecular flexibility index (Phi) is 4.02. The molecule has 4 aromatic rings. The number of thiophene rings is 2. The molecule has 2 aliphatic rings. The standard InChI is InChI=1S/C28H20S2Si/c1-5-10-21-17-11-6-8-13-19(17)23-25(21)29-28-24-20-14-9-7-12-18(20)22(15-16-31(2,3)4)26(24)30-27(23)28/h6-9,11-14H,1-4H3. The topological polar surface area (TPSA) is 0 Å². The fraction of sp³-hybridized carbons (Fsp3) is 0.143. The second-order valence-electron chi connectivity index (χ2n) is 8.99. The van der Waals surface area contributed by atoms with Gasteiger partial charge in [0.1, 0.15) is 8.07 Å². The van der Waals surface area contributed by atoms with Gasteiger partial charge in [0.2, 0.25) is 0 Å². The molecule has 0 amide bonds. The van der Waals surface area contributed by atoms with Crippen LogP contribution >= 0.6 is 22.7 Å². The van der Waals surface area contributed by atoms with Crippen molar-refractivity contribution < 1.29 is 0 Å². The van der Waals surface area contributed by atoms with Gasteiger partial charge in [-0.3, -0.25) is 0 Å². The van der Waals surface area contributed by atoms with Crippen molar-refractivity contribution in [3.05, 3.63) is 68.7 Å². The van der Waals surface area contributed by atoms with E-state index in [1.165, 1.54) is 63.0 Å². The number of rotatable bonds is 0. The van der Waals surface area contributed by atoms with Gasteiger partial charge in [0.25, 0.3) is 0 Å². The van der Waals surface area contributed by atoms with E-state index >= 15 is 0 Å². The Morgan fingerprint density at radius 1 is 0.645 bits per heavy atom. The van der Waals surface area contributed by atoms with Crippen LogP contribution in [0.15, 0.2) is 48.5 Å². The zero-order chi connectivity index (χ0) is 21.3. The van der Waals surface area contributed by atoms with Gasteiger partial charge in [0.05, 0.1) is 24.0 Å². The van der Waals surface area contributed by atoms with Crippen LogP contribution in [0.1, 0.15) is 18.1 Å². The number of hydrogen-bond donors (Lipinski definition) is 0. The molecule has 0 saturated carbocycles. The molecule has 0 N–H and O–H groups in total. The van der Waals surface area contributed by atoms with Crippen LogP contribution in [0.3, 0.4) is 0 Å². The van der Waals surface area contributed by atoms with Gasteiger partial charge in [-0.05, 0) is 29.2 Å². The first kappa shape index (κ1) is 18.9. The van der Waals surface area contributed by atoms with Gasteiger partial charge in [-0.1, -0.05) is 80.0 Å². The highest BCUT2D eigenvalue weighted by Crippen LogP contribution is 2.46. The van der Waals surface area contributed by atoms with Crippen molar-refractivity contribution in [3.63, 3.8) is 0 Å². The largest absolute Gasteiger partial charge is 0.132 e. The third kappa shape index (κ3) is 2.68. The minimum absolute atomic E-state index is 1.18. The molecule has 0 spiro atoms. The Morgan fingerprint density at radius 3 is 1.55 bits per heavy atom. The van der Waals surface area contributed by atoms with E-state index in [1.807, 2.05) is 29.6 Å². The van der Waals surface area contributed by atoms with Crippen LogP contribution in [-0.2, 0) is 0 Å². The maximum absolute atomic E-state index is 3.62. The molecule has 2 heterocycles. The molecule has 0 fully saturated rings. The quantitative estimate of drug-likeness (QED) is 0.221. The molecule has 0 saturated heterocycles. The lowest BCUT2D eigenvalue weighted by Crippen LogP contribution is -2.16. The van der Waals surface area contributed by atoms with E-state index in [9.17, 15) is 0 Å². The second kappa shape index (κ2) is 6.59. The van der Waals surface area contributed by atoms with Crippen LogP contribution in [0, 0.1) is 23.3 Å². The van der Waals surface area contributed by atoms with Gasteiger partial charge in [0.15, 0.2) is 0 Å². The van der Waals surface area contributed by atoms with E-state index in [4.69, 9.17) is 0 Å². The Bertz CT molecular complexity index is 1680. The summed E-state index contributed by atoms with van der Waals surface area (Å²) in [6.45, 7) is 8.86. The predicted molar refractivity (Wildman–Crippen MR) is 139 cm³/mol. The van der Waals surface area contributed by atoms with Crippen molar-refractivity contribution in [1.82, 2.24) is 0 Å². The first-order valence-electron chi connectivity index (χ1n) is 10.5. The summed E-state index contributed by atoms with van der Waals surface area (Å²) in [5, 5.41) is 0. The van der Waals surface area contributed by atoms with Crippen LogP contribution < -0.4 is 9.06 Å². The summed E-state index contributed by atoms with van der Waals surface area (Å²) >= 11 is 3.83. The van der Waals surface area contributed by atoms with E-state index in [0.717, 1.165) is 0 Å². The highest BCUT2D eigenvalue weighted by molar-refractivity contribution is 7.28. The minimum Gasteiger partial charge on any atom is -0.132 e. The zero-order valence-electron chi connectivity index (χ0n) is 17.9. The summed E-state index contributed by atoms with van der Waals surface area (Å²) in [4.78, 5) is 0. The van der Waals surface area contributed by atoms with E-state index in [0.29, 0.717) is 0 Å². The Morgan fingerprint density at radius 2 is 1.10 bits per heavy atom. The second-order valence-corrected chi connectivity index (χ2v) is 15.8. The molecule has 0 bridgehead atoms. The third-order valence-corrected chi connectivity index (χ3v) is 9.17. The maximum Gasteiger partial charge on any atom is 0.129 e. The highest BCUT2D eigenvalue weighted by Gasteiger charge is 2.30. The average molecular weight is 449 g/mol. The molecule has 0 unspecified atom stereocenters. The molecule has 0 radical (unpaired) electrons. The van der Waals surface area contributed by atoms with E-state index in [2.05, 4.69) is 91.5 Å². The maximum atomic E-state index is 3.62. The molecular formula is C28H20S2Si. The average Bonchev–Trinajstić information content (AvgIpc) is 3.43. The van der Waals surface area contributed by atoms with Crippen LogP contribution in [0.2, 0.25) is 19.6 Å². The SMILES string of the molecule is CC#CC1=c2sc3c4c(sc3c2-c2ccccc21)=C(C#C[Si](C)(C)C)c1ccccc1-4. The van der Waals surface area contributed by atoms with Crippen LogP contribution in [0.5, 0.6) is 0 Å². The van der Waals surface area contributed by atoms with Crippen molar-refractivity contribution in [1.29, 1.82) is 0 Å². The highest BCUT2D eigenvalue weighted by atomic mass is 32.1. The molecular weight excluding hydrogens is 429 g/mol. The van der Waals surface area contributed by atoms with Crippen LogP contribution in [0.4, 0.5) is 0 Å². The molecule has 31 heavy (non-hydrogen) atoms. The van der Waals surface area contributed by atoms with Crippen LogP contribution in [-0.4, -0.2) is 8.07 Å². The van der Waals surface area contributed by atoms with Gasteiger partial charge in [-0.2, -0.15) is 0 Å². The molecule has 0 aliphatic heterocycles. The smallest absolute Gasteiger partial charge is 0.129 e. The Hall–Kier alpha value is -2.82. The first-order chi connectivity index (χ1) is 15.0. The summed E-state index contributed by atoms with van der Waals surface area (Å²) in [5.41, 5.74) is 14.0. The summed E-state index contributed by atoms with van der Waals surface area (Å²) < 4.78 is 5.47. The third-order valence-electron chi connectivity index (χ3n) is 5.72. The van der Waals surface area contributed by atoms with E-state index in [-0.39, 0.29) is 0 Å². The Labute approximate surface area is 191 Å². The molecule has 0 nitrogen and oxygen atoms in total. The lowest BCUT2D eigenvalue weighted by atomic mass is 10.0. The molecule has 3 heteroatoms. The molecule has 0 atom stereocenters. The molecule has 2 aromatic heterocycles. The van der Waals surface area contributed by atoms with Crippen molar-refractivity contribution in [3.8, 4) is 45.6 Å². The van der Waals surface area contributed by atoms with Crippen molar-refractivity contribution in [2.24, 2.45) is 0 Å². The predicted octanol–water partition coefficient (Wildman–Crippen LogP) is 6.23. The minimum atomic E-state index is -1.47. The monoisotopic (exact) mass is 448 g/mol. The van der Waals surface area contributed by atoms with Crippen molar-refractivity contribution >= 4 is 51.3 Å². The number of hydrogen-bond acceptors (Lipinski definition) is 2. The first-order valence-corrected chi connectivity index (χ1v) is 15.6. The Balaban J connectivity index is 1.76. The van der Waals surface area contributed by atoms with Crippen molar-refractivity contribution in [2.45, 2.75) is 26.6 Å². The summed E-state index contributed by atoms with van der Waals surface area (Å²) in [6.07, 6.45) is 0. The van der Waals surface area contributed by atoms with Crippen molar-refractivity contribution in [2.75, 3.05) is 0 Å². The van der Waals surface area contributed by atoms with Gasteiger partial charge >= 0.3 is 0 Å². The van der Waals surface area contributed by atoms with Crippen LogP contribution in [0.25, 0.3) is 42.8 Å². The molecule has 2 aromatic carbocycles. The van der Waals surface area contributed by atoms with E-state index in [1.54, 1.807) is 0 Å². The van der Waals surface area contributed by atoms with Gasteiger partial charge in [-0.15, -0.1) is 34.1 Å². The molecule has 148 valence electrons. The lowest BCUT2D eigenvalue weighted by molar-refractivity contribution is 1.66. The fourth-order valence-electron chi connectivity index (χ4n) is 4.48. The molecule has 2 aliphatic carbocycles. The van der Waals surface area contributed by atoms with Gasteiger partial charge in [0, 0.05) is 16.7 Å². The molecule has 6 rings (SSSR count). The van der Waals surface area contributed by atoms with E-state index < -0.39 is 8.07 Å². The summed E-state index contributed by atoms with van der Waals surface area (Å²) in [6, 6.07) is 17.5. The summed E-state index contributed by atoms with van der Waals surface area (Å²) in [7, 11) is -1.47. The van der Waals surface area contributed by atoms with Gasteiger partial charge in [-0.25, -0.2) is 0 Å². The number of fused-ring (bicyclic) bond motifs is 9. The summed E-state index contributed by atoms with van der Waals surface area (Å²) in [5.74, 6) is 10.2.